The second kappa shape index (κ2) is 14.4. The van der Waals surface area contributed by atoms with Gasteiger partial charge in [-0.25, -0.2) is 4.79 Å². The number of halogens is 1. The topological polar surface area (TPSA) is 139 Å². The third-order valence-corrected chi connectivity index (χ3v) is 7.46. The third-order valence-electron chi connectivity index (χ3n) is 6.69. The Bertz CT molecular complexity index is 960. The third kappa shape index (κ3) is 7.11. The number of H-pyrrole nitrogens is 1. The van der Waals surface area contributed by atoms with Crippen molar-refractivity contribution in [3.63, 3.8) is 0 Å². The van der Waals surface area contributed by atoms with Gasteiger partial charge in [0.25, 0.3) is 5.56 Å². The van der Waals surface area contributed by atoms with Gasteiger partial charge in [-0.1, -0.05) is 65.2 Å². The normalized spacial score (nSPS) is 24.1. The van der Waals surface area contributed by atoms with Crippen LogP contribution in [-0.2, 0) is 20.1 Å². The molecule has 4 atom stereocenters. The number of Topliss-reactive ketones (excluding diaryl/α,β-unsaturated/α-hetero) is 2. The first kappa shape index (κ1) is 29.9. The molecule has 35 heavy (non-hydrogen) atoms. The number of aliphatic hydroxyl groups is 2. The minimum Gasteiger partial charge on any atom is -0.394 e. The molecular weight excluding hydrogens is 567 g/mol. The van der Waals surface area contributed by atoms with Crippen LogP contribution < -0.4 is 11.2 Å². The zero-order chi connectivity index (χ0) is 26.0. The lowest BCUT2D eigenvalue weighted by Gasteiger charge is -2.34. The molecule has 0 saturated carbocycles. The standard InChI is InChI=1S/C25H39IN2O7/c1-3-5-7-9-11-13-18(30)21-22(32)19(16-29)35-25(21,20(31)14-12-10-8-6-4-2)28-15-17(26)23(33)27-24(28)34/h15,19,21-22,29,32H,3-14,16H2,1-2H3,(H,27,33,34)/t19-,21?,22-,25-/m1/s1. The fourth-order valence-corrected chi connectivity index (χ4v) is 5.19. The zero-order valence-corrected chi connectivity index (χ0v) is 22.9. The van der Waals surface area contributed by atoms with E-state index in [4.69, 9.17) is 4.74 Å². The Morgan fingerprint density at radius 3 is 2.17 bits per heavy atom. The number of ketones is 2. The Kier molecular flexibility index (Phi) is 12.3. The van der Waals surface area contributed by atoms with Gasteiger partial charge in [-0.05, 0) is 35.4 Å². The van der Waals surface area contributed by atoms with E-state index in [0.717, 1.165) is 55.9 Å². The second-order valence-electron chi connectivity index (χ2n) is 9.33. The van der Waals surface area contributed by atoms with Gasteiger partial charge in [0.05, 0.1) is 16.3 Å². The summed E-state index contributed by atoms with van der Waals surface area (Å²) >= 11 is 1.74. The molecule has 1 aliphatic rings. The van der Waals surface area contributed by atoms with E-state index < -0.39 is 53.3 Å². The molecule has 0 aliphatic carbocycles. The lowest BCUT2D eigenvalue weighted by Crippen LogP contribution is -2.56. The number of hydrogen-bond donors (Lipinski definition) is 3. The molecule has 0 amide bonds. The van der Waals surface area contributed by atoms with E-state index in [1.807, 2.05) is 0 Å². The second-order valence-corrected chi connectivity index (χ2v) is 10.5. The van der Waals surface area contributed by atoms with Crippen molar-refractivity contribution in [1.29, 1.82) is 0 Å². The molecule has 3 N–H and O–H groups in total. The predicted molar refractivity (Wildman–Crippen MR) is 140 cm³/mol. The van der Waals surface area contributed by atoms with E-state index in [-0.39, 0.29) is 16.4 Å². The molecule has 9 nitrogen and oxygen atoms in total. The summed E-state index contributed by atoms with van der Waals surface area (Å²) in [5.74, 6) is -2.27. The van der Waals surface area contributed by atoms with E-state index in [2.05, 4.69) is 18.8 Å². The molecule has 1 aliphatic heterocycles. The molecular formula is C25H39IN2O7. The van der Waals surface area contributed by atoms with Gasteiger partial charge < -0.3 is 14.9 Å². The maximum Gasteiger partial charge on any atom is 0.331 e. The van der Waals surface area contributed by atoms with Gasteiger partial charge in [0.15, 0.2) is 5.78 Å². The van der Waals surface area contributed by atoms with Crippen molar-refractivity contribution in [2.45, 2.75) is 109 Å². The highest BCUT2D eigenvalue weighted by Gasteiger charge is 2.62. The highest BCUT2D eigenvalue weighted by molar-refractivity contribution is 14.1. The van der Waals surface area contributed by atoms with Crippen LogP contribution >= 0.6 is 22.6 Å². The van der Waals surface area contributed by atoms with Crippen molar-refractivity contribution >= 4 is 34.2 Å². The molecule has 198 valence electrons. The Morgan fingerprint density at radius 1 is 1.03 bits per heavy atom. The van der Waals surface area contributed by atoms with Crippen LogP contribution in [0.3, 0.4) is 0 Å². The maximum atomic E-state index is 13.8. The molecule has 1 fully saturated rings. The summed E-state index contributed by atoms with van der Waals surface area (Å²) in [5.41, 5.74) is -3.65. The molecule has 2 heterocycles. The van der Waals surface area contributed by atoms with Crippen molar-refractivity contribution in [3.8, 4) is 0 Å². The smallest absolute Gasteiger partial charge is 0.331 e. The summed E-state index contributed by atoms with van der Waals surface area (Å²) in [4.78, 5) is 54.3. The number of nitrogens with one attached hydrogen (secondary N) is 1. The van der Waals surface area contributed by atoms with Crippen LogP contribution in [0.5, 0.6) is 0 Å². The number of aliphatic hydroxyl groups excluding tert-OH is 2. The lowest BCUT2D eigenvalue weighted by molar-refractivity contribution is -0.172. The predicted octanol–water partition coefficient (Wildman–Crippen LogP) is 3.02. The number of rotatable bonds is 16. The number of nitrogens with zero attached hydrogens (tertiary/aromatic N) is 1. The van der Waals surface area contributed by atoms with Crippen molar-refractivity contribution < 1.29 is 24.5 Å². The highest BCUT2D eigenvalue weighted by atomic mass is 127. The van der Waals surface area contributed by atoms with Gasteiger partial charge in [0.1, 0.15) is 17.8 Å². The monoisotopic (exact) mass is 606 g/mol. The number of carbonyl (C=O) groups is 2. The van der Waals surface area contributed by atoms with Crippen LogP contribution in [0, 0.1) is 9.49 Å². The molecule has 0 aromatic carbocycles. The summed E-state index contributed by atoms with van der Waals surface area (Å²) in [6.07, 6.45) is 7.57. The Labute approximate surface area is 219 Å². The number of unbranched alkanes of at least 4 members (excludes halogenated alkanes) is 8. The van der Waals surface area contributed by atoms with Gasteiger partial charge in [0, 0.05) is 19.0 Å². The van der Waals surface area contributed by atoms with E-state index in [1.54, 1.807) is 22.6 Å². The van der Waals surface area contributed by atoms with Crippen molar-refractivity contribution in [2.24, 2.45) is 5.92 Å². The molecule has 1 aromatic heterocycles. The molecule has 1 saturated heterocycles. The number of ether oxygens (including phenoxy) is 1. The minimum atomic E-state index is -2.13. The fourth-order valence-electron chi connectivity index (χ4n) is 4.77. The number of carbonyl (C=O) groups excluding carboxylic acids is 2. The maximum absolute atomic E-state index is 13.8. The summed E-state index contributed by atoms with van der Waals surface area (Å²) in [5, 5.41) is 20.9. The first-order valence-corrected chi connectivity index (χ1v) is 13.9. The largest absolute Gasteiger partial charge is 0.394 e. The van der Waals surface area contributed by atoms with Gasteiger partial charge in [-0.15, -0.1) is 0 Å². The van der Waals surface area contributed by atoms with Crippen LogP contribution in [-0.4, -0.2) is 50.1 Å². The van der Waals surface area contributed by atoms with Crippen LogP contribution in [0.2, 0.25) is 0 Å². The number of aromatic nitrogens is 2. The number of hydrogen-bond acceptors (Lipinski definition) is 7. The summed E-state index contributed by atoms with van der Waals surface area (Å²) in [6, 6.07) is 0. The van der Waals surface area contributed by atoms with Crippen LogP contribution in [0.4, 0.5) is 0 Å². The quantitative estimate of drug-likeness (QED) is 0.194. The SMILES string of the molecule is CCCCCCCC(=O)C1[C@H](O)[C@@H](CO)O[C@@]1(C(=O)CCCCCCC)n1cc(I)c(=O)[nH]c1=O. The van der Waals surface area contributed by atoms with Gasteiger partial charge in [-0.2, -0.15) is 0 Å². The van der Waals surface area contributed by atoms with E-state index in [9.17, 15) is 29.4 Å². The first-order chi connectivity index (χ1) is 16.7. The molecule has 0 spiro atoms. The lowest BCUT2D eigenvalue weighted by atomic mass is 9.81. The van der Waals surface area contributed by atoms with Gasteiger partial charge in [-0.3, -0.25) is 23.9 Å². The number of aromatic amines is 1. The van der Waals surface area contributed by atoms with Crippen LogP contribution in [0.25, 0.3) is 0 Å². The Morgan fingerprint density at radius 2 is 1.60 bits per heavy atom. The van der Waals surface area contributed by atoms with Crippen molar-refractivity contribution in [3.05, 3.63) is 30.6 Å². The first-order valence-electron chi connectivity index (χ1n) is 12.8. The summed E-state index contributed by atoms with van der Waals surface area (Å²) in [6.45, 7) is 3.56. The van der Waals surface area contributed by atoms with E-state index >= 15 is 0 Å². The molecule has 1 unspecified atom stereocenters. The summed E-state index contributed by atoms with van der Waals surface area (Å²) in [7, 11) is 0. The van der Waals surface area contributed by atoms with Crippen LogP contribution in [0.15, 0.2) is 15.8 Å². The van der Waals surface area contributed by atoms with E-state index in [1.165, 1.54) is 6.20 Å². The Hall–Kier alpha value is -1.37. The average Bonchev–Trinajstić information content (AvgIpc) is 3.13. The average molecular weight is 606 g/mol. The van der Waals surface area contributed by atoms with Crippen molar-refractivity contribution in [2.75, 3.05) is 6.61 Å². The van der Waals surface area contributed by atoms with Crippen LogP contribution in [0.1, 0.15) is 90.9 Å². The minimum absolute atomic E-state index is 0.0387. The van der Waals surface area contributed by atoms with Gasteiger partial charge >= 0.3 is 5.69 Å². The molecule has 10 heteroatoms. The molecule has 0 bridgehead atoms. The molecule has 1 aromatic rings. The molecule has 2 rings (SSSR count). The molecule has 0 radical (unpaired) electrons. The zero-order valence-electron chi connectivity index (χ0n) is 20.8. The van der Waals surface area contributed by atoms with E-state index in [0.29, 0.717) is 12.8 Å². The fraction of sp³-hybridized carbons (Fsp3) is 0.760. The highest BCUT2D eigenvalue weighted by Crippen LogP contribution is 2.43. The summed E-state index contributed by atoms with van der Waals surface area (Å²) < 4.78 is 7.04. The van der Waals surface area contributed by atoms with Crippen molar-refractivity contribution in [1.82, 2.24) is 9.55 Å². The van der Waals surface area contributed by atoms with Gasteiger partial charge in [0.2, 0.25) is 5.72 Å². The Balaban J connectivity index is 2.48.